The van der Waals surface area contributed by atoms with Crippen LogP contribution in [0.4, 0.5) is 5.69 Å². The number of methoxy groups -OCH3 is 1. The van der Waals surface area contributed by atoms with Gasteiger partial charge < -0.3 is 14.5 Å². The van der Waals surface area contributed by atoms with Gasteiger partial charge in [-0.2, -0.15) is 5.10 Å². The van der Waals surface area contributed by atoms with Crippen molar-refractivity contribution in [1.82, 2.24) is 0 Å². The van der Waals surface area contributed by atoms with Crippen LogP contribution in [0.15, 0.2) is 75.3 Å². The molecule has 2 heterocycles. The number of furan rings is 1. The van der Waals surface area contributed by atoms with E-state index in [2.05, 4.69) is 20.3 Å². The highest BCUT2D eigenvalue weighted by molar-refractivity contribution is 6.53. The fourth-order valence-corrected chi connectivity index (χ4v) is 2.81. The van der Waals surface area contributed by atoms with Crippen LogP contribution in [-0.2, 0) is 9.53 Å². The molecule has 28 heavy (non-hydrogen) atoms. The molecule has 1 aromatic heterocycles. The molecule has 4 rings (SSSR count). The average Bonchev–Trinajstić information content (AvgIpc) is 3.32. The molecule has 7 heteroatoms. The molecule has 2 aromatic carbocycles. The van der Waals surface area contributed by atoms with Crippen molar-refractivity contribution in [2.75, 3.05) is 12.4 Å². The van der Waals surface area contributed by atoms with Gasteiger partial charge in [0.25, 0.3) is 5.91 Å². The third-order valence-electron chi connectivity index (χ3n) is 4.21. The Morgan fingerprint density at radius 1 is 1.07 bits per heavy atom. The fraction of sp³-hybridized carbons (Fsp3) is 0.0476. The molecule has 0 radical (unpaired) electrons. The number of benzene rings is 2. The van der Waals surface area contributed by atoms with E-state index in [0.717, 1.165) is 16.8 Å². The summed E-state index contributed by atoms with van der Waals surface area (Å²) in [5.41, 5.74) is 2.97. The minimum atomic E-state index is -0.393. The van der Waals surface area contributed by atoms with E-state index in [1.807, 2.05) is 24.3 Å². The molecule has 1 amide bonds. The van der Waals surface area contributed by atoms with Crippen LogP contribution in [0.3, 0.4) is 0 Å². The van der Waals surface area contributed by atoms with Gasteiger partial charge in [-0.05, 0) is 30.3 Å². The second-order valence-electron chi connectivity index (χ2n) is 5.96. The number of para-hydroxylation sites is 1. The molecule has 1 aliphatic heterocycles. The minimum absolute atomic E-state index is 0.261. The molecule has 0 bridgehead atoms. The smallest absolute Gasteiger partial charge is 0.337 e. The number of fused-ring (bicyclic) bond motifs is 1. The molecule has 0 fully saturated rings. The highest BCUT2D eigenvalue weighted by Gasteiger charge is 2.25. The van der Waals surface area contributed by atoms with E-state index in [1.165, 1.54) is 13.3 Å². The molecule has 0 saturated heterocycles. The van der Waals surface area contributed by atoms with Gasteiger partial charge in [0.15, 0.2) is 5.71 Å². The van der Waals surface area contributed by atoms with Gasteiger partial charge in [0, 0.05) is 11.1 Å². The Labute approximate surface area is 160 Å². The zero-order valence-electron chi connectivity index (χ0n) is 14.9. The van der Waals surface area contributed by atoms with Crippen LogP contribution in [0, 0.1) is 0 Å². The van der Waals surface area contributed by atoms with E-state index in [-0.39, 0.29) is 11.6 Å². The van der Waals surface area contributed by atoms with E-state index in [4.69, 9.17) is 4.42 Å². The second kappa shape index (κ2) is 7.32. The number of rotatable bonds is 4. The summed E-state index contributed by atoms with van der Waals surface area (Å²) in [7, 11) is 1.34. The summed E-state index contributed by atoms with van der Waals surface area (Å²) < 4.78 is 10.4. The molecule has 0 unspecified atom stereocenters. The number of carbonyl (C=O) groups excluding carboxylic acids is 2. The lowest BCUT2D eigenvalue weighted by Gasteiger charge is -2.00. The summed E-state index contributed by atoms with van der Waals surface area (Å²) in [6.07, 6.45) is 1.44. The normalized spacial score (nSPS) is 14.3. The SMILES string of the molecule is COC(=O)c1ccc(-c2ccc(C=N/N=C3\C(=O)Nc4ccccc43)o2)cc1. The maximum atomic E-state index is 12.0. The summed E-state index contributed by atoms with van der Waals surface area (Å²) in [6.45, 7) is 0. The predicted molar refractivity (Wildman–Crippen MR) is 105 cm³/mol. The molecule has 7 nitrogen and oxygen atoms in total. The predicted octanol–water partition coefficient (Wildman–Crippen LogP) is 3.51. The first-order valence-corrected chi connectivity index (χ1v) is 8.46. The molecule has 0 aliphatic carbocycles. The van der Waals surface area contributed by atoms with Crippen molar-refractivity contribution in [2.24, 2.45) is 10.2 Å². The number of amides is 1. The first-order valence-electron chi connectivity index (χ1n) is 8.46. The van der Waals surface area contributed by atoms with Crippen molar-refractivity contribution in [3.05, 3.63) is 77.6 Å². The van der Waals surface area contributed by atoms with Crippen LogP contribution in [0.5, 0.6) is 0 Å². The number of ether oxygens (including phenoxy) is 1. The molecule has 0 atom stereocenters. The van der Waals surface area contributed by atoms with Crippen molar-refractivity contribution in [3.8, 4) is 11.3 Å². The third kappa shape index (κ3) is 3.33. The van der Waals surface area contributed by atoms with Crippen LogP contribution < -0.4 is 5.32 Å². The van der Waals surface area contributed by atoms with Gasteiger partial charge in [0.2, 0.25) is 0 Å². The number of hydrogen-bond acceptors (Lipinski definition) is 6. The average molecular weight is 373 g/mol. The standard InChI is InChI=1S/C21H15N3O4/c1-27-21(26)14-8-6-13(7-9-14)18-11-10-15(28-18)12-22-24-19-16-4-2-3-5-17(16)23-20(19)25/h2-12H,1H3,(H,23,24,25). The zero-order valence-corrected chi connectivity index (χ0v) is 14.9. The van der Waals surface area contributed by atoms with Gasteiger partial charge in [-0.3, -0.25) is 4.79 Å². The molecule has 138 valence electrons. The number of nitrogens with one attached hydrogen (secondary N) is 1. The second-order valence-corrected chi connectivity index (χ2v) is 5.96. The number of nitrogens with zero attached hydrogens (tertiary/aromatic N) is 2. The first kappa shape index (κ1) is 17.4. The Kier molecular flexibility index (Phi) is 4.55. The van der Waals surface area contributed by atoms with E-state index in [9.17, 15) is 9.59 Å². The van der Waals surface area contributed by atoms with E-state index < -0.39 is 5.97 Å². The Morgan fingerprint density at radius 3 is 2.64 bits per heavy atom. The van der Waals surface area contributed by atoms with E-state index in [1.54, 1.807) is 36.4 Å². The Bertz CT molecular complexity index is 1110. The molecule has 1 N–H and O–H groups in total. The number of carbonyl (C=O) groups is 2. The maximum Gasteiger partial charge on any atom is 0.337 e. The molecular formula is C21H15N3O4. The van der Waals surface area contributed by atoms with Gasteiger partial charge >= 0.3 is 5.97 Å². The van der Waals surface area contributed by atoms with E-state index >= 15 is 0 Å². The van der Waals surface area contributed by atoms with Gasteiger partial charge in [0.1, 0.15) is 11.5 Å². The van der Waals surface area contributed by atoms with Crippen molar-refractivity contribution < 1.29 is 18.7 Å². The third-order valence-corrected chi connectivity index (χ3v) is 4.21. The minimum Gasteiger partial charge on any atom is -0.465 e. The Balaban J connectivity index is 1.51. The topological polar surface area (TPSA) is 93.3 Å². The van der Waals surface area contributed by atoms with Gasteiger partial charge in [-0.15, -0.1) is 5.10 Å². The first-order chi connectivity index (χ1) is 13.7. The lowest BCUT2D eigenvalue weighted by Crippen LogP contribution is -2.13. The molecular weight excluding hydrogens is 358 g/mol. The van der Waals surface area contributed by atoms with Crippen LogP contribution >= 0.6 is 0 Å². The van der Waals surface area contributed by atoms with Crippen LogP contribution in [0.1, 0.15) is 21.7 Å². The van der Waals surface area contributed by atoms with Crippen molar-refractivity contribution >= 4 is 29.5 Å². The number of anilines is 1. The van der Waals surface area contributed by atoms with Crippen LogP contribution in [0.2, 0.25) is 0 Å². The van der Waals surface area contributed by atoms with Crippen molar-refractivity contribution in [2.45, 2.75) is 0 Å². The van der Waals surface area contributed by atoms with Gasteiger partial charge in [-0.25, -0.2) is 4.79 Å². The van der Waals surface area contributed by atoms with Gasteiger partial charge in [-0.1, -0.05) is 30.3 Å². The summed E-state index contributed by atoms with van der Waals surface area (Å²) in [4.78, 5) is 23.5. The highest BCUT2D eigenvalue weighted by Crippen LogP contribution is 2.24. The summed E-state index contributed by atoms with van der Waals surface area (Å²) >= 11 is 0. The number of hydrogen-bond donors (Lipinski definition) is 1. The highest BCUT2D eigenvalue weighted by atomic mass is 16.5. The lowest BCUT2D eigenvalue weighted by molar-refractivity contribution is -0.110. The quantitative estimate of drug-likeness (QED) is 0.430. The number of esters is 1. The van der Waals surface area contributed by atoms with Crippen LogP contribution in [0.25, 0.3) is 11.3 Å². The zero-order chi connectivity index (χ0) is 19.5. The summed E-state index contributed by atoms with van der Waals surface area (Å²) in [5, 5.41) is 10.7. The van der Waals surface area contributed by atoms with Crippen LogP contribution in [-0.4, -0.2) is 30.9 Å². The lowest BCUT2D eigenvalue weighted by atomic mass is 10.1. The Hall–Kier alpha value is -4.00. The largest absolute Gasteiger partial charge is 0.465 e. The molecule has 1 aliphatic rings. The van der Waals surface area contributed by atoms with Crippen molar-refractivity contribution in [1.29, 1.82) is 0 Å². The summed E-state index contributed by atoms with van der Waals surface area (Å²) in [5.74, 6) is 0.428. The van der Waals surface area contributed by atoms with Gasteiger partial charge in [0.05, 0.1) is 24.6 Å². The van der Waals surface area contributed by atoms with E-state index in [0.29, 0.717) is 17.1 Å². The molecule has 3 aromatic rings. The monoisotopic (exact) mass is 373 g/mol. The molecule has 0 spiro atoms. The van der Waals surface area contributed by atoms with Crippen molar-refractivity contribution in [3.63, 3.8) is 0 Å². The summed E-state index contributed by atoms with van der Waals surface area (Å²) in [6, 6.07) is 17.7. The Morgan fingerprint density at radius 2 is 1.86 bits per heavy atom. The maximum absolute atomic E-state index is 12.0. The fourth-order valence-electron chi connectivity index (χ4n) is 2.81. The molecule has 0 saturated carbocycles.